The summed E-state index contributed by atoms with van der Waals surface area (Å²) < 4.78 is 15.1. The Morgan fingerprint density at radius 1 is 0.640 bits per heavy atom. The maximum Gasteiger partial charge on any atom is 0.171 e. The van der Waals surface area contributed by atoms with Crippen LogP contribution in [-0.4, -0.2) is 25.6 Å². The minimum Gasteiger partial charge on any atom is -0.327 e. The van der Waals surface area contributed by atoms with Crippen molar-refractivity contribution in [3.63, 3.8) is 0 Å². The monoisotopic (exact) mass is 350 g/mol. The van der Waals surface area contributed by atoms with Crippen LogP contribution >= 0.6 is 7.14 Å². The summed E-state index contributed by atoms with van der Waals surface area (Å²) in [4.78, 5) is 0. The van der Waals surface area contributed by atoms with Crippen molar-refractivity contribution in [2.45, 2.75) is 6.54 Å². The molecule has 0 aliphatic heterocycles. The van der Waals surface area contributed by atoms with Crippen molar-refractivity contribution in [1.29, 1.82) is 0 Å². The van der Waals surface area contributed by atoms with Crippen LogP contribution in [0.15, 0.2) is 84.9 Å². The summed E-state index contributed by atoms with van der Waals surface area (Å²) in [5.41, 5.74) is 1.25. The van der Waals surface area contributed by atoms with E-state index < -0.39 is 7.14 Å². The van der Waals surface area contributed by atoms with E-state index in [1.807, 2.05) is 72.8 Å². The largest absolute Gasteiger partial charge is 0.327 e. The van der Waals surface area contributed by atoms with Gasteiger partial charge in [-0.15, -0.1) is 0 Å². The third kappa shape index (κ3) is 3.92. The smallest absolute Gasteiger partial charge is 0.171 e. The second kappa shape index (κ2) is 7.00. The summed E-state index contributed by atoms with van der Waals surface area (Å²) >= 11 is 0. The minimum absolute atomic E-state index is 0.869. The first-order valence-corrected chi connectivity index (χ1v) is 10.2. The number of nitrogens with zero attached hydrogens (tertiary/aromatic N) is 1. The molecule has 25 heavy (non-hydrogen) atoms. The maximum atomic E-state index is 14.2. The molecule has 0 aliphatic carbocycles. The van der Waals surface area contributed by atoms with Gasteiger partial charge in [-0.3, -0.25) is 0 Å². The topological polar surface area (TPSA) is 17.1 Å². The van der Waals surface area contributed by atoms with Gasteiger partial charge in [-0.05, 0) is 0 Å². The van der Waals surface area contributed by atoms with Crippen molar-refractivity contribution in [3.8, 4) is 0 Å². The molecule has 0 heterocycles. The van der Waals surface area contributed by atoms with Gasteiger partial charge in [-0.25, -0.2) is 0 Å². The number of benzene rings is 3. The fraction of sp³-hybridized carbons (Fsp3) is 0.182. The molecule has 0 unspecified atom stereocenters. The van der Waals surface area contributed by atoms with Gasteiger partial charge in [0.25, 0.3) is 0 Å². The van der Waals surface area contributed by atoms with E-state index in [9.17, 15) is 4.57 Å². The Morgan fingerprint density at radius 3 is 1.44 bits per heavy atom. The highest BCUT2D eigenvalue weighted by Gasteiger charge is 2.29. The standard InChI is InChI=1S/C22H25NOP/c1-23(2,3)18-19-14-16-22(17-15-19)25(24,20-10-6-4-7-11-20)21-12-8-5-9-13-21/h4-17H,18H2,1-3H3/q+1. The zero-order chi connectivity index (χ0) is 17.9. The summed E-state index contributed by atoms with van der Waals surface area (Å²) in [7, 11) is 3.67. The quantitative estimate of drug-likeness (QED) is 0.508. The number of hydrogen-bond donors (Lipinski definition) is 0. The lowest BCUT2D eigenvalue weighted by atomic mass is 10.2. The molecule has 0 fully saturated rings. The normalized spacial score (nSPS) is 12.1. The third-order valence-electron chi connectivity index (χ3n) is 4.20. The van der Waals surface area contributed by atoms with E-state index in [2.05, 4.69) is 33.3 Å². The zero-order valence-corrected chi connectivity index (χ0v) is 16.0. The van der Waals surface area contributed by atoms with Crippen molar-refractivity contribution in [2.75, 3.05) is 21.1 Å². The molecule has 0 amide bonds. The van der Waals surface area contributed by atoms with Crippen LogP contribution in [-0.2, 0) is 11.1 Å². The molecule has 3 rings (SSSR count). The molecule has 0 saturated carbocycles. The van der Waals surface area contributed by atoms with E-state index in [0.29, 0.717) is 0 Å². The highest BCUT2D eigenvalue weighted by Crippen LogP contribution is 2.42. The van der Waals surface area contributed by atoms with E-state index in [1.54, 1.807) is 0 Å². The first-order chi connectivity index (χ1) is 11.9. The molecule has 0 saturated heterocycles. The van der Waals surface area contributed by atoms with Crippen LogP contribution < -0.4 is 15.9 Å². The molecular formula is C22H25NOP+. The molecule has 0 bridgehead atoms. The summed E-state index contributed by atoms with van der Waals surface area (Å²) in [5.74, 6) is 0. The van der Waals surface area contributed by atoms with Crippen LogP contribution in [0.4, 0.5) is 0 Å². The van der Waals surface area contributed by atoms with Crippen LogP contribution in [0.25, 0.3) is 0 Å². The van der Waals surface area contributed by atoms with Crippen LogP contribution in [0.5, 0.6) is 0 Å². The van der Waals surface area contributed by atoms with E-state index in [4.69, 9.17) is 0 Å². The molecule has 3 aromatic carbocycles. The predicted octanol–water partition coefficient (Wildman–Crippen LogP) is 3.53. The highest BCUT2D eigenvalue weighted by molar-refractivity contribution is 7.85. The number of hydrogen-bond acceptors (Lipinski definition) is 1. The molecule has 0 N–H and O–H groups in total. The fourth-order valence-corrected chi connectivity index (χ4v) is 5.73. The zero-order valence-electron chi connectivity index (χ0n) is 15.1. The summed E-state index contributed by atoms with van der Waals surface area (Å²) in [6.07, 6.45) is 0. The van der Waals surface area contributed by atoms with Gasteiger partial charge in [0, 0.05) is 21.5 Å². The number of rotatable bonds is 5. The molecule has 2 nitrogen and oxygen atoms in total. The van der Waals surface area contributed by atoms with Crippen LogP contribution in [0.1, 0.15) is 5.56 Å². The van der Waals surface area contributed by atoms with E-state index >= 15 is 0 Å². The van der Waals surface area contributed by atoms with E-state index in [0.717, 1.165) is 26.9 Å². The average Bonchev–Trinajstić information content (AvgIpc) is 2.62. The first kappa shape index (κ1) is 17.7. The highest BCUT2D eigenvalue weighted by atomic mass is 31.2. The Bertz CT molecular complexity index is 822. The summed E-state index contributed by atoms with van der Waals surface area (Å²) in [5, 5.41) is 2.64. The van der Waals surface area contributed by atoms with Gasteiger partial charge in [-0.1, -0.05) is 84.9 Å². The van der Waals surface area contributed by atoms with Crippen molar-refractivity contribution < 1.29 is 9.05 Å². The Labute approximate surface area is 150 Å². The van der Waals surface area contributed by atoms with Gasteiger partial charge < -0.3 is 9.05 Å². The minimum atomic E-state index is -2.85. The van der Waals surface area contributed by atoms with Crippen LogP contribution in [0.2, 0.25) is 0 Å². The second-order valence-corrected chi connectivity index (χ2v) is 10.2. The summed E-state index contributed by atoms with van der Waals surface area (Å²) in [6, 6.07) is 27.9. The third-order valence-corrected chi connectivity index (χ3v) is 7.27. The van der Waals surface area contributed by atoms with Gasteiger partial charge in [0.15, 0.2) is 7.14 Å². The average molecular weight is 350 g/mol. The van der Waals surface area contributed by atoms with Crippen molar-refractivity contribution >= 4 is 23.1 Å². The molecule has 3 aromatic rings. The lowest BCUT2D eigenvalue weighted by Crippen LogP contribution is -2.33. The molecule has 0 radical (unpaired) electrons. The fourth-order valence-electron chi connectivity index (χ4n) is 3.08. The molecule has 0 spiro atoms. The van der Waals surface area contributed by atoms with Gasteiger partial charge in [0.1, 0.15) is 6.54 Å². The van der Waals surface area contributed by atoms with Crippen molar-refractivity contribution in [1.82, 2.24) is 0 Å². The second-order valence-electron chi connectivity index (χ2n) is 7.40. The lowest BCUT2D eigenvalue weighted by molar-refractivity contribution is -0.884. The van der Waals surface area contributed by atoms with E-state index in [1.165, 1.54) is 5.56 Å². The van der Waals surface area contributed by atoms with Gasteiger partial charge in [0.2, 0.25) is 0 Å². The van der Waals surface area contributed by atoms with Crippen molar-refractivity contribution in [3.05, 3.63) is 90.5 Å². The summed E-state index contributed by atoms with van der Waals surface area (Å²) in [6.45, 7) is 0.946. The Balaban J connectivity index is 2.09. The molecule has 0 aliphatic rings. The molecule has 0 atom stereocenters. The van der Waals surface area contributed by atoms with Crippen LogP contribution in [0, 0.1) is 0 Å². The maximum absolute atomic E-state index is 14.2. The van der Waals surface area contributed by atoms with Gasteiger partial charge in [-0.2, -0.15) is 0 Å². The molecule has 3 heteroatoms. The molecule has 0 aromatic heterocycles. The SMILES string of the molecule is C[N+](C)(C)Cc1ccc(P(=O)(c2ccccc2)c2ccccc2)cc1. The number of quaternary nitrogens is 1. The molecule has 128 valence electrons. The predicted molar refractivity (Wildman–Crippen MR) is 108 cm³/mol. The van der Waals surface area contributed by atoms with Crippen molar-refractivity contribution in [2.24, 2.45) is 0 Å². The lowest BCUT2D eigenvalue weighted by Gasteiger charge is -2.24. The van der Waals surface area contributed by atoms with E-state index in [-0.39, 0.29) is 0 Å². The first-order valence-electron chi connectivity index (χ1n) is 8.51. The Morgan fingerprint density at radius 2 is 1.04 bits per heavy atom. The van der Waals surface area contributed by atoms with Gasteiger partial charge >= 0.3 is 0 Å². The molecular weight excluding hydrogens is 325 g/mol. The Kier molecular flexibility index (Phi) is 4.94. The van der Waals surface area contributed by atoms with Crippen LogP contribution in [0.3, 0.4) is 0 Å². The van der Waals surface area contributed by atoms with Gasteiger partial charge in [0.05, 0.1) is 21.1 Å². The Hall–Kier alpha value is -2.15.